The molecule has 0 spiro atoms. The minimum absolute atomic E-state index is 0.00313. The molecule has 0 aromatic heterocycles. The van der Waals surface area contributed by atoms with E-state index in [1.165, 1.54) is 25.7 Å². The van der Waals surface area contributed by atoms with E-state index in [0.29, 0.717) is 41.9 Å². The Kier molecular flexibility index (Phi) is 9.26. The van der Waals surface area contributed by atoms with Crippen LogP contribution in [0, 0.1) is 62.6 Å². The van der Waals surface area contributed by atoms with Gasteiger partial charge in [0.05, 0.1) is 6.42 Å². The van der Waals surface area contributed by atoms with Gasteiger partial charge in [-0.15, -0.1) is 0 Å². The van der Waals surface area contributed by atoms with E-state index < -0.39 is 5.97 Å². The Morgan fingerprint density at radius 3 is 2.16 bits per heavy atom. The largest absolute Gasteiger partial charge is 0.481 e. The fourth-order valence-corrected chi connectivity index (χ4v) is 13.3. The number of carboxylic acid groups (broad SMARTS) is 1. The third-order valence-electron chi connectivity index (χ3n) is 15.7. The first-order valence-corrected chi connectivity index (χ1v) is 18.5. The molecule has 0 aliphatic heterocycles. The number of rotatable bonds is 10. The highest BCUT2D eigenvalue weighted by molar-refractivity contribution is 5.88. The van der Waals surface area contributed by atoms with Crippen LogP contribution in [0.3, 0.4) is 0 Å². The molecule has 0 heterocycles. The number of carbonyl (C=O) groups excluding carboxylic acids is 2. The number of aliphatic carboxylic acids is 1. The summed E-state index contributed by atoms with van der Waals surface area (Å²) in [4.78, 5) is 38.3. The maximum atomic E-state index is 14.0. The Hall–Kier alpha value is -1.39. The van der Waals surface area contributed by atoms with Crippen LogP contribution in [0.1, 0.15) is 158 Å². The Morgan fingerprint density at radius 2 is 1.50 bits per heavy atom. The van der Waals surface area contributed by atoms with Gasteiger partial charge in [-0.05, 0) is 122 Å². The molecule has 5 aliphatic rings. The van der Waals surface area contributed by atoms with E-state index in [0.717, 1.165) is 57.8 Å². The third kappa shape index (κ3) is 5.11. The van der Waals surface area contributed by atoms with E-state index in [-0.39, 0.29) is 57.8 Å². The van der Waals surface area contributed by atoms with Gasteiger partial charge in [0.25, 0.3) is 0 Å². The molecule has 5 rings (SSSR count). The zero-order valence-electron chi connectivity index (χ0n) is 29.4. The molecule has 44 heavy (non-hydrogen) atoms. The van der Waals surface area contributed by atoms with E-state index in [4.69, 9.17) is 4.74 Å². The van der Waals surface area contributed by atoms with E-state index in [9.17, 15) is 19.5 Å². The van der Waals surface area contributed by atoms with Crippen molar-refractivity contribution in [2.24, 2.45) is 62.6 Å². The number of Topliss-reactive ketones (excluding diaryl/α,β-unsaturated/α-hetero) is 1. The van der Waals surface area contributed by atoms with E-state index in [1.54, 1.807) is 0 Å². The highest BCUT2D eigenvalue weighted by Gasteiger charge is 2.72. The summed E-state index contributed by atoms with van der Waals surface area (Å²) in [6, 6.07) is 0. The van der Waals surface area contributed by atoms with Gasteiger partial charge in [0.1, 0.15) is 11.9 Å². The van der Waals surface area contributed by atoms with Crippen LogP contribution in [-0.4, -0.2) is 28.9 Å². The average Bonchev–Trinajstić information content (AvgIpc) is 3.35. The Labute approximate surface area is 268 Å². The minimum atomic E-state index is -0.854. The van der Waals surface area contributed by atoms with E-state index in [1.807, 2.05) is 0 Å². The third-order valence-corrected chi connectivity index (χ3v) is 15.7. The van der Waals surface area contributed by atoms with Crippen molar-refractivity contribution in [2.75, 3.05) is 0 Å². The fraction of sp³-hybridized carbons (Fsp3) is 0.923. The van der Waals surface area contributed by atoms with Crippen molar-refractivity contribution in [3.8, 4) is 0 Å². The second-order valence-electron chi connectivity index (χ2n) is 17.9. The Bertz CT molecular complexity index is 1110. The summed E-state index contributed by atoms with van der Waals surface area (Å²) in [5, 5.41) is 9.41. The standard InChI is InChI=1S/C39H64O5/c1-9-10-11-12-33(43)44-31-19-20-36(6)28(35(31,4)5)18-21-38(8)29(36)14-13-27-34-26(25(2)3)17-22-39(34,24-23-37(27,38)7)30(40)15-16-32(41)42/h25-29,31,34H,9-24H2,1-8H3,(H,41,42)/t26-,27?,28?,29?,31+,34?,36-,37+,38+,39+/m0/s1. The number of hydrogen-bond acceptors (Lipinski definition) is 4. The number of unbranched alkanes of at least 4 members (excludes halogenated alkanes) is 2. The highest BCUT2D eigenvalue weighted by atomic mass is 16.5. The molecule has 5 saturated carbocycles. The zero-order chi connectivity index (χ0) is 32.3. The quantitative estimate of drug-likeness (QED) is 0.196. The lowest BCUT2D eigenvalue weighted by molar-refractivity contribution is -0.250. The van der Waals surface area contributed by atoms with Crippen molar-refractivity contribution < 1.29 is 24.2 Å². The average molecular weight is 613 g/mol. The molecule has 5 nitrogen and oxygen atoms in total. The van der Waals surface area contributed by atoms with Crippen LogP contribution in [0.25, 0.3) is 0 Å². The van der Waals surface area contributed by atoms with Crippen LogP contribution < -0.4 is 0 Å². The number of hydrogen-bond donors (Lipinski definition) is 1. The van der Waals surface area contributed by atoms with Crippen LogP contribution >= 0.6 is 0 Å². The van der Waals surface area contributed by atoms with Crippen molar-refractivity contribution in [1.82, 2.24) is 0 Å². The SMILES string of the molecule is CCCCCC(=O)O[C@@H]1CC[C@@]2(C)C(CC[C@]3(C)C2CCC2C4[C@H](C(C)C)CC[C@]4(C(=O)CCC(=O)O)CC[C@]23C)C1(C)C. The van der Waals surface area contributed by atoms with Crippen molar-refractivity contribution in [2.45, 2.75) is 164 Å². The van der Waals surface area contributed by atoms with Crippen LogP contribution in [0.15, 0.2) is 0 Å². The Balaban J connectivity index is 1.42. The zero-order valence-corrected chi connectivity index (χ0v) is 29.4. The lowest BCUT2D eigenvalue weighted by atomic mass is 9.32. The van der Waals surface area contributed by atoms with Crippen LogP contribution in [0.2, 0.25) is 0 Å². The molecule has 0 bridgehead atoms. The second kappa shape index (κ2) is 12.0. The normalized spacial score (nSPS) is 44.2. The van der Waals surface area contributed by atoms with Crippen LogP contribution in [0.4, 0.5) is 0 Å². The van der Waals surface area contributed by atoms with E-state index >= 15 is 0 Å². The monoisotopic (exact) mass is 612 g/mol. The van der Waals surface area contributed by atoms with Gasteiger partial charge >= 0.3 is 11.9 Å². The fourth-order valence-electron chi connectivity index (χ4n) is 13.3. The smallest absolute Gasteiger partial charge is 0.306 e. The van der Waals surface area contributed by atoms with Crippen molar-refractivity contribution in [3.05, 3.63) is 0 Å². The summed E-state index contributed by atoms with van der Waals surface area (Å²) < 4.78 is 6.26. The molecule has 0 aromatic rings. The number of fused-ring (bicyclic) bond motifs is 7. The summed E-state index contributed by atoms with van der Waals surface area (Å²) in [5.41, 5.74) is 0.240. The first-order valence-electron chi connectivity index (χ1n) is 18.5. The van der Waals surface area contributed by atoms with Gasteiger partial charge in [0, 0.05) is 23.7 Å². The molecule has 10 atom stereocenters. The molecule has 0 aromatic carbocycles. The summed E-state index contributed by atoms with van der Waals surface area (Å²) in [5.74, 6) is 2.54. The van der Waals surface area contributed by atoms with Crippen molar-refractivity contribution >= 4 is 17.7 Å². The Morgan fingerprint density at radius 1 is 0.773 bits per heavy atom. The van der Waals surface area contributed by atoms with Gasteiger partial charge < -0.3 is 9.84 Å². The van der Waals surface area contributed by atoms with Gasteiger partial charge in [0.2, 0.25) is 0 Å². The van der Waals surface area contributed by atoms with Crippen LogP contribution in [-0.2, 0) is 19.1 Å². The maximum absolute atomic E-state index is 14.0. The predicted octanol–water partition coefficient (Wildman–Crippen LogP) is 9.65. The molecule has 1 N–H and O–H groups in total. The topological polar surface area (TPSA) is 80.7 Å². The molecule has 0 amide bonds. The maximum Gasteiger partial charge on any atom is 0.306 e. The molecular weight excluding hydrogens is 548 g/mol. The molecule has 0 saturated heterocycles. The first kappa shape index (κ1) is 34.0. The lowest BCUT2D eigenvalue weighted by Crippen LogP contribution is -2.67. The van der Waals surface area contributed by atoms with Crippen molar-refractivity contribution in [1.29, 1.82) is 0 Å². The van der Waals surface area contributed by atoms with Gasteiger partial charge in [0.15, 0.2) is 0 Å². The van der Waals surface area contributed by atoms with Gasteiger partial charge in [-0.1, -0.05) is 68.2 Å². The molecule has 0 radical (unpaired) electrons. The number of carboxylic acids is 1. The van der Waals surface area contributed by atoms with Crippen molar-refractivity contribution in [3.63, 3.8) is 0 Å². The van der Waals surface area contributed by atoms with Crippen LogP contribution in [0.5, 0.6) is 0 Å². The summed E-state index contributed by atoms with van der Waals surface area (Å²) in [7, 11) is 0. The minimum Gasteiger partial charge on any atom is -0.481 e. The second-order valence-corrected chi connectivity index (χ2v) is 17.9. The number of carbonyl (C=O) groups is 3. The molecule has 250 valence electrons. The molecular formula is C39H64O5. The first-order chi connectivity index (χ1) is 20.6. The highest BCUT2D eigenvalue weighted by Crippen LogP contribution is 2.77. The summed E-state index contributed by atoms with van der Waals surface area (Å²) >= 11 is 0. The van der Waals surface area contributed by atoms with E-state index in [2.05, 4.69) is 55.4 Å². The lowest BCUT2D eigenvalue weighted by Gasteiger charge is -2.73. The number of esters is 1. The number of ketones is 1. The van der Waals surface area contributed by atoms with Gasteiger partial charge in [-0.25, -0.2) is 0 Å². The molecule has 4 unspecified atom stereocenters. The number of ether oxygens (including phenoxy) is 1. The predicted molar refractivity (Wildman–Crippen MR) is 175 cm³/mol. The van der Waals surface area contributed by atoms with Gasteiger partial charge in [-0.2, -0.15) is 0 Å². The summed E-state index contributed by atoms with van der Waals surface area (Å²) in [6.45, 7) is 19.5. The molecule has 5 heteroatoms. The molecule has 5 fully saturated rings. The molecule has 5 aliphatic carbocycles. The summed E-state index contributed by atoms with van der Waals surface area (Å²) in [6.07, 6.45) is 14.8. The van der Waals surface area contributed by atoms with Gasteiger partial charge in [-0.3, -0.25) is 14.4 Å².